The number of rotatable bonds is 7. The van der Waals surface area contributed by atoms with Crippen molar-refractivity contribution in [2.75, 3.05) is 0 Å². The van der Waals surface area contributed by atoms with Gasteiger partial charge in [-0.2, -0.15) is 6.07 Å². The molecule has 3 heterocycles. The molecule has 0 spiro atoms. The molecule has 0 N–H and O–H groups in total. The monoisotopic (exact) mass is 1010 g/mol. The molecule has 9 rings (SSSR count). The number of hydrogen-bond acceptors (Lipinski definition) is 4. The summed E-state index contributed by atoms with van der Waals surface area (Å²) < 4.78 is 16.3. The molecule has 0 bridgehead atoms. The summed E-state index contributed by atoms with van der Waals surface area (Å²) in [5, 5.41) is 2.26. The number of pyridine rings is 1. The van der Waals surface area contributed by atoms with Gasteiger partial charge in [0.2, 0.25) is 0 Å². The summed E-state index contributed by atoms with van der Waals surface area (Å²) >= 11 is 0. The molecule has 0 unspecified atom stereocenters. The van der Waals surface area contributed by atoms with Crippen LogP contribution in [-0.2, 0) is 48.6 Å². The molecule has 0 radical (unpaired) electrons. The van der Waals surface area contributed by atoms with Gasteiger partial charge in [-0.05, 0) is 124 Å². The van der Waals surface area contributed by atoms with E-state index in [4.69, 9.17) is 19.5 Å². The fourth-order valence-electron chi connectivity index (χ4n) is 9.78. The van der Waals surface area contributed by atoms with Crippen molar-refractivity contribution in [3.8, 4) is 28.4 Å². The first-order valence-corrected chi connectivity index (χ1v) is 22.4. The Hall–Kier alpha value is -4.99. The Morgan fingerprint density at radius 2 is 1.43 bits per heavy atom. The van der Waals surface area contributed by atoms with E-state index in [0.29, 0.717) is 29.2 Å². The van der Waals surface area contributed by atoms with Crippen LogP contribution < -0.4 is 4.74 Å². The number of fused-ring (bicyclic) bond motifs is 6. The van der Waals surface area contributed by atoms with Crippen molar-refractivity contribution in [3.63, 3.8) is 0 Å². The zero-order valence-electron chi connectivity index (χ0n) is 39.5. The maximum Gasteiger partial charge on any atom is 2.00 e. The van der Waals surface area contributed by atoms with E-state index < -0.39 is 11.1 Å². The van der Waals surface area contributed by atoms with Crippen molar-refractivity contribution >= 4 is 27.7 Å². The summed E-state index contributed by atoms with van der Waals surface area (Å²) in [6, 6.07) is 38.3. The van der Waals surface area contributed by atoms with Crippen LogP contribution in [0.5, 0.6) is 11.5 Å². The molecule has 0 saturated heterocycles. The van der Waals surface area contributed by atoms with Gasteiger partial charge in [0.25, 0.3) is 0 Å². The van der Waals surface area contributed by atoms with E-state index in [-0.39, 0.29) is 31.9 Å². The first-order valence-electron chi connectivity index (χ1n) is 22.4. The Morgan fingerprint density at radius 1 is 0.746 bits per heavy atom. The molecule has 2 atom stereocenters. The Bertz CT molecular complexity index is 2950. The Morgan fingerprint density at radius 3 is 2.10 bits per heavy atom. The van der Waals surface area contributed by atoms with Crippen molar-refractivity contribution in [2.45, 2.75) is 137 Å². The molecular weight excluding hydrogens is 954 g/mol. The van der Waals surface area contributed by atoms with Gasteiger partial charge >= 0.3 is 21.1 Å². The van der Waals surface area contributed by atoms with E-state index in [2.05, 4.69) is 192 Å². The van der Waals surface area contributed by atoms with Crippen LogP contribution in [0, 0.1) is 26.0 Å². The van der Waals surface area contributed by atoms with Crippen LogP contribution in [-0.4, -0.2) is 21.0 Å². The largest absolute Gasteiger partial charge is 2.00 e. The minimum Gasteiger partial charge on any atom is -0.511 e. The maximum absolute atomic E-state index is 7.06. The fourth-order valence-corrected chi connectivity index (χ4v) is 9.78. The van der Waals surface area contributed by atoms with Gasteiger partial charge in [-0.25, -0.2) is 4.98 Å². The number of aromatic nitrogens is 2. The third-order valence-electron chi connectivity index (χ3n) is 13.9. The molecule has 0 saturated carbocycles. The molecule has 0 fully saturated rings. The number of nitrogens with zero attached hydrogens (tertiary/aromatic N) is 3. The van der Waals surface area contributed by atoms with Crippen LogP contribution in [0.4, 0.5) is 0 Å². The quantitative estimate of drug-likeness (QED) is 0.150. The summed E-state index contributed by atoms with van der Waals surface area (Å²) in [7, 11) is 0. The third kappa shape index (κ3) is 7.47. The number of ether oxygens (including phenoxy) is 2. The smallest absolute Gasteiger partial charge is 0.511 e. The van der Waals surface area contributed by atoms with Crippen molar-refractivity contribution in [2.24, 2.45) is 4.99 Å². The molecular formula is C57H61N3O2Pt. The third-order valence-corrected chi connectivity index (χ3v) is 13.9. The van der Waals surface area contributed by atoms with E-state index in [9.17, 15) is 0 Å². The van der Waals surface area contributed by atoms with E-state index in [1.807, 2.05) is 12.3 Å². The minimum absolute atomic E-state index is 0. The molecule has 1 aliphatic carbocycles. The van der Waals surface area contributed by atoms with Crippen LogP contribution in [0.25, 0.3) is 38.8 Å². The number of aliphatic imine (C=N–C) groups is 1. The van der Waals surface area contributed by atoms with Crippen molar-refractivity contribution < 1.29 is 30.5 Å². The second-order valence-electron chi connectivity index (χ2n) is 21.0. The van der Waals surface area contributed by atoms with Gasteiger partial charge in [0.05, 0.1) is 0 Å². The summed E-state index contributed by atoms with van der Waals surface area (Å²) in [4.78, 5) is 10.4. The predicted octanol–water partition coefficient (Wildman–Crippen LogP) is 14.7. The van der Waals surface area contributed by atoms with E-state index >= 15 is 0 Å². The average Bonchev–Trinajstić information content (AvgIpc) is 3.76. The average molecular weight is 1020 g/mol. The molecule has 63 heavy (non-hydrogen) atoms. The molecule has 7 aromatic rings. The summed E-state index contributed by atoms with van der Waals surface area (Å²) in [6.45, 7) is 31.4. The molecule has 326 valence electrons. The van der Waals surface area contributed by atoms with Gasteiger partial charge in [0.15, 0.2) is 0 Å². The Labute approximate surface area is 389 Å². The van der Waals surface area contributed by atoms with Crippen molar-refractivity contribution in [1.82, 2.24) is 9.55 Å². The summed E-state index contributed by atoms with van der Waals surface area (Å²) in [5.41, 5.74) is 14.2. The molecule has 2 aliphatic rings. The van der Waals surface area contributed by atoms with Gasteiger partial charge in [-0.1, -0.05) is 140 Å². The van der Waals surface area contributed by atoms with Crippen LogP contribution in [0.2, 0.25) is 0 Å². The van der Waals surface area contributed by atoms with Crippen LogP contribution in [0.3, 0.4) is 0 Å². The molecule has 6 heteroatoms. The normalized spacial score (nSPS) is 18.4. The van der Waals surface area contributed by atoms with E-state index in [1.165, 1.54) is 50.1 Å². The Balaban J connectivity index is 0.00000544. The first kappa shape index (κ1) is 44.6. The zero-order valence-corrected chi connectivity index (χ0v) is 41.8. The second-order valence-corrected chi connectivity index (χ2v) is 21.0. The van der Waals surface area contributed by atoms with Crippen LogP contribution >= 0.6 is 0 Å². The summed E-state index contributed by atoms with van der Waals surface area (Å²) in [6.07, 6.45) is 2.72. The zero-order chi connectivity index (χ0) is 44.3. The molecule has 1 aliphatic heterocycles. The predicted molar refractivity (Wildman–Crippen MR) is 257 cm³/mol. The van der Waals surface area contributed by atoms with Gasteiger partial charge in [-0.3, -0.25) is 4.99 Å². The molecule has 2 aromatic heterocycles. The Kier molecular flexibility index (Phi) is 11.1. The SMILES string of the molecule is Cc1ccc2c(c1C)C[C@]1(C)OC(c3[c-]c(Oc4[c-]c5c(cc4)c4cc(C(C)(C)C)ccc4n5-c4cc(C(C)(C)C)ccn4)cc(-c4c(C(C)C)cccc4C(C)C)c3)=N[C@]21C.[Pt+2]. The van der Waals surface area contributed by atoms with Gasteiger partial charge in [0.1, 0.15) is 22.9 Å². The maximum atomic E-state index is 7.06. The summed E-state index contributed by atoms with van der Waals surface area (Å²) in [5.74, 6) is 3.24. The number of aryl methyl sites for hydroxylation is 1. The molecule has 5 nitrogen and oxygen atoms in total. The standard InChI is InChI=1S/C57H61N3O2.Pt/c1-33(2)43-16-15-17-44(34(3)4)52(43)37-26-38(53-59-57(14)48-22-18-35(5)36(6)47(48)32-56(57,13)62-53)28-42(27-37)61-41-20-21-45-46-29-39(54(7,8)9)19-23-49(46)60(50(45)31-41)51-30-40(24-25-58-51)55(10,11)12;/h15-27,29-30,33-34H,32H2,1-14H3;/q-2;+2/t56-,57+;/m0./s1. The minimum atomic E-state index is -0.544. The second kappa shape index (κ2) is 15.6. The van der Waals surface area contributed by atoms with Crippen LogP contribution in [0.1, 0.15) is 145 Å². The van der Waals surface area contributed by atoms with Gasteiger partial charge in [0, 0.05) is 29.6 Å². The van der Waals surface area contributed by atoms with Gasteiger partial charge < -0.3 is 14.0 Å². The van der Waals surface area contributed by atoms with E-state index in [0.717, 1.165) is 45.2 Å². The molecule has 0 amide bonds. The molecule has 5 aromatic carbocycles. The van der Waals surface area contributed by atoms with E-state index in [1.54, 1.807) is 0 Å². The number of hydrogen-bond donors (Lipinski definition) is 0. The van der Waals surface area contributed by atoms with Crippen LogP contribution in [0.15, 0.2) is 96.1 Å². The topological polar surface area (TPSA) is 48.6 Å². The van der Waals surface area contributed by atoms with Gasteiger partial charge in [-0.15, -0.1) is 23.6 Å². The van der Waals surface area contributed by atoms with Crippen molar-refractivity contribution in [3.05, 3.63) is 153 Å². The van der Waals surface area contributed by atoms with Crippen molar-refractivity contribution in [1.29, 1.82) is 0 Å². The fraction of sp³-hybridized carbons (Fsp3) is 0.368. The first-order chi connectivity index (χ1) is 29.2. The number of benzene rings is 5.